The lowest BCUT2D eigenvalue weighted by Gasteiger charge is -2.10. The van der Waals surface area contributed by atoms with Crippen molar-refractivity contribution in [2.24, 2.45) is 5.73 Å². The topological polar surface area (TPSA) is 99.1 Å². The maximum absolute atomic E-state index is 9.42. The predicted molar refractivity (Wildman–Crippen MR) is 117 cm³/mol. The maximum atomic E-state index is 9.42. The number of aliphatic hydroxyl groups excluding tert-OH is 1. The van der Waals surface area contributed by atoms with Gasteiger partial charge in [0.1, 0.15) is 5.75 Å². The molecule has 30 heavy (non-hydrogen) atoms. The minimum absolute atomic E-state index is 0.123. The monoisotopic (exact) mass is 403 g/mol. The normalized spacial score (nSPS) is 11.2. The molecule has 4 rings (SSSR count). The molecule has 0 aliphatic heterocycles. The summed E-state index contributed by atoms with van der Waals surface area (Å²) in [5.74, 6) is 1.36. The summed E-state index contributed by atoms with van der Waals surface area (Å²) in [6.45, 7) is 0.575. The zero-order valence-electron chi connectivity index (χ0n) is 17.0. The minimum Gasteiger partial charge on any atom is -0.496 e. The number of ether oxygens (including phenoxy) is 1. The number of aryl methyl sites for hydroxylation is 1. The van der Waals surface area contributed by atoms with Crippen molar-refractivity contribution < 1.29 is 9.84 Å². The first-order valence-electron chi connectivity index (χ1n) is 10.0. The molecule has 7 nitrogen and oxygen atoms in total. The van der Waals surface area contributed by atoms with Crippen molar-refractivity contribution in [2.45, 2.75) is 25.9 Å². The lowest BCUT2D eigenvalue weighted by Crippen LogP contribution is -2.02. The van der Waals surface area contributed by atoms with Gasteiger partial charge in [-0.3, -0.25) is 4.98 Å². The van der Waals surface area contributed by atoms with Crippen molar-refractivity contribution in [3.05, 3.63) is 66.1 Å². The van der Waals surface area contributed by atoms with Crippen LogP contribution in [0.2, 0.25) is 0 Å². The molecule has 4 aromatic rings. The predicted octanol–water partition coefficient (Wildman–Crippen LogP) is 3.26. The second-order valence-corrected chi connectivity index (χ2v) is 7.07. The van der Waals surface area contributed by atoms with Crippen LogP contribution in [-0.4, -0.2) is 38.5 Å². The number of fused-ring (bicyclic) bond motifs is 1. The minimum atomic E-state index is -0.123. The fourth-order valence-electron chi connectivity index (χ4n) is 3.50. The number of nitrogens with two attached hydrogens (primary N) is 1. The van der Waals surface area contributed by atoms with Crippen molar-refractivity contribution in [3.8, 4) is 22.8 Å². The lowest BCUT2D eigenvalue weighted by atomic mass is 10.1. The van der Waals surface area contributed by atoms with Crippen molar-refractivity contribution in [1.29, 1.82) is 0 Å². The van der Waals surface area contributed by atoms with E-state index in [1.807, 2.05) is 42.5 Å². The Hall–Kier alpha value is -3.29. The Morgan fingerprint density at radius 1 is 1.03 bits per heavy atom. The highest BCUT2D eigenvalue weighted by Crippen LogP contribution is 2.33. The van der Waals surface area contributed by atoms with Crippen LogP contribution in [0.3, 0.4) is 0 Å². The van der Waals surface area contributed by atoms with E-state index in [9.17, 15) is 5.11 Å². The Bertz CT molecular complexity index is 1160. The highest BCUT2D eigenvalue weighted by molar-refractivity contribution is 5.90. The molecule has 0 bridgehead atoms. The molecular weight excluding hydrogens is 378 g/mol. The zero-order valence-corrected chi connectivity index (χ0v) is 17.0. The highest BCUT2D eigenvalue weighted by Gasteiger charge is 2.14. The van der Waals surface area contributed by atoms with Gasteiger partial charge in [0, 0.05) is 11.3 Å². The van der Waals surface area contributed by atoms with E-state index in [4.69, 9.17) is 15.5 Å². The fraction of sp³-hybridized carbons (Fsp3) is 0.261. The molecule has 0 radical (unpaired) electrons. The van der Waals surface area contributed by atoms with E-state index in [1.165, 1.54) is 0 Å². The largest absolute Gasteiger partial charge is 0.496 e. The summed E-state index contributed by atoms with van der Waals surface area (Å²) < 4.78 is 7.39. The van der Waals surface area contributed by atoms with Gasteiger partial charge in [-0.15, -0.1) is 0 Å². The van der Waals surface area contributed by atoms with Gasteiger partial charge in [-0.25, -0.2) is 9.67 Å². The molecule has 0 spiro atoms. The SMILES string of the molecule is COc1cc(-c2cccc(CCCCN)n2)cc2c1cnn2-c1cccc(CO)n1. The zero-order chi connectivity index (χ0) is 20.9. The standard InChI is InChI=1S/C23H25N5O2/c1-30-22-13-16(20-9-4-7-17(26-20)6-2-3-11-24)12-21-19(22)14-25-28(21)23-10-5-8-18(15-29)27-23/h4-5,7-10,12-14,29H,2-3,6,11,15,24H2,1H3. The molecule has 0 saturated carbocycles. The molecule has 0 aliphatic carbocycles. The third-order valence-electron chi connectivity index (χ3n) is 5.03. The summed E-state index contributed by atoms with van der Waals surface area (Å²) in [5, 5.41) is 14.8. The number of hydrogen-bond donors (Lipinski definition) is 2. The number of hydrogen-bond acceptors (Lipinski definition) is 6. The van der Waals surface area contributed by atoms with Gasteiger partial charge in [-0.05, 0) is 62.2 Å². The molecule has 0 saturated heterocycles. The Balaban J connectivity index is 1.79. The molecule has 3 N–H and O–H groups in total. The smallest absolute Gasteiger partial charge is 0.154 e. The maximum Gasteiger partial charge on any atom is 0.154 e. The summed E-state index contributed by atoms with van der Waals surface area (Å²) in [7, 11) is 1.65. The van der Waals surface area contributed by atoms with Gasteiger partial charge in [0.2, 0.25) is 0 Å². The molecule has 0 amide bonds. The van der Waals surface area contributed by atoms with Crippen LogP contribution >= 0.6 is 0 Å². The second-order valence-electron chi connectivity index (χ2n) is 7.07. The molecule has 0 aliphatic rings. The van der Waals surface area contributed by atoms with Gasteiger partial charge in [0.05, 0.1) is 42.2 Å². The number of methoxy groups -OCH3 is 1. The summed E-state index contributed by atoms with van der Waals surface area (Å²) in [6.07, 6.45) is 4.68. The van der Waals surface area contributed by atoms with Crippen LogP contribution < -0.4 is 10.5 Å². The summed E-state index contributed by atoms with van der Waals surface area (Å²) in [4.78, 5) is 9.32. The highest BCUT2D eigenvalue weighted by atomic mass is 16.5. The van der Waals surface area contributed by atoms with Gasteiger partial charge in [0.25, 0.3) is 0 Å². The lowest BCUT2D eigenvalue weighted by molar-refractivity contribution is 0.276. The first-order valence-corrected chi connectivity index (χ1v) is 10.0. The molecule has 0 fully saturated rings. The molecule has 3 aromatic heterocycles. The number of rotatable bonds is 8. The van der Waals surface area contributed by atoms with Gasteiger partial charge in [0.15, 0.2) is 5.82 Å². The van der Waals surface area contributed by atoms with Crippen LogP contribution in [-0.2, 0) is 13.0 Å². The van der Waals surface area contributed by atoms with Crippen LogP contribution in [0.25, 0.3) is 28.0 Å². The number of benzene rings is 1. The van der Waals surface area contributed by atoms with Gasteiger partial charge >= 0.3 is 0 Å². The van der Waals surface area contributed by atoms with Crippen molar-refractivity contribution in [1.82, 2.24) is 19.7 Å². The fourth-order valence-corrected chi connectivity index (χ4v) is 3.50. The molecule has 154 valence electrons. The van der Waals surface area contributed by atoms with Crippen molar-refractivity contribution in [2.75, 3.05) is 13.7 Å². The Morgan fingerprint density at radius 3 is 2.67 bits per heavy atom. The summed E-state index contributed by atoms with van der Waals surface area (Å²) >= 11 is 0. The van der Waals surface area contributed by atoms with E-state index in [0.717, 1.165) is 52.9 Å². The molecule has 7 heteroatoms. The van der Waals surface area contributed by atoms with Crippen LogP contribution in [0.1, 0.15) is 24.2 Å². The number of pyridine rings is 2. The van der Waals surface area contributed by atoms with Crippen LogP contribution in [0.4, 0.5) is 0 Å². The van der Waals surface area contributed by atoms with E-state index in [-0.39, 0.29) is 6.61 Å². The number of nitrogens with zero attached hydrogens (tertiary/aromatic N) is 4. The van der Waals surface area contributed by atoms with E-state index >= 15 is 0 Å². The molecular formula is C23H25N5O2. The Labute approximate surface area is 175 Å². The second kappa shape index (κ2) is 9.02. The average Bonchev–Trinajstić information content (AvgIpc) is 3.23. The molecule has 1 aromatic carbocycles. The summed E-state index contributed by atoms with van der Waals surface area (Å²) in [5.41, 5.74) is 9.93. The van der Waals surface area contributed by atoms with Crippen molar-refractivity contribution in [3.63, 3.8) is 0 Å². The van der Waals surface area contributed by atoms with Crippen LogP contribution in [0.15, 0.2) is 54.7 Å². The van der Waals surface area contributed by atoms with E-state index in [1.54, 1.807) is 24.1 Å². The quantitative estimate of drug-likeness (QED) is 0.438. The van der Waals surface area contributed by atoms with E-state index in [2.05, 4.69) is 10.1 Å². The summed E-state index contributed by atoms with van der Waals surface area (Å²) in [6, 6.07) is 15.6. The first kappa shape index (κ1) is 20.0. The third kappa shape index (κ3) is 4.03. The molecule has 0 unspecified atom stereocenters. The van der Waals surface area contributed by atoms with Crippen LogP contribution in [0.5, 0.6) is 5.75 Å². The number of aromatic nitrogens is 4. The van der Waals surface area contributed by atoms with E-state index < -0.39 is 0 Å². The van der Waals surface area contributed by atoms with Gasteiger partial charge < -0.3 is 15.6 Å². The van der Waals surface area contributed by atoms with Gasteiger partial charge in [-0.1, -0.05) is 12.1 Å². The van der Waals surface area contributed by atoms with Crippen molar-refractivity contribution >= 4 is 10.9 Å². The first-order chi connectivity index (χ1) is 14.7. The molecule has 3 heterocycles. The van der Waals surface area contributed by atoms with Crippen LogP contribution in [0, 0.1) is 0 Å². The van der Waals surface area contributed by atoms with E-state index in [0.29, 0.717) is 18.1 Å². The number of aliphatic hydroxyl groups is 1. The average molecular weight is 403 g/mol. The Kier molecular flexibility index (Phi) is 6.02. The Morgan fingerprint density at radius 2 is 1.87 bits per heavy atom. The third-order valence-corrected chi connectivity index (χ3v) is 5.03. The number of unbranched alkanes of at least 4 members (excludes halogenated alkanes) is 1. The van der Waals surface area contributed by atoms with Gasteiger partial charge in [-0.2, -0.15) is 5.10 Å². The molecule has 0 atom stereocenters.